The molecule has 1 amide bonds. The Kier molecular flexibility index (Phi) is 6.24. The minimum atomic E-state index is -0.764. The van der Waals surface area contributed by atoms with Crippen LogP contribution in [0.3, 0.4) is 0 Å². The zero-order valence-corrected chi connectivity index (χ0v) is 21.0. The van der Waals surface area contributed by atoms with Crippen molar-refractivity contribution < 1.29 is 14.7 Å². The molecule has 1 aliphatic heterocycles. The molecule has 2 aromatic carbocycles. The minimum absolute atomic E-state index is 0.0599. The van der Waals surface area contributed by atoms with Crippen LogP contribution in [0.25, 0.3) is 10.6 Å². The molecule has 1 aliphatic rings. The number of benzene rings is 2. The first-order valence-electron chi connectivity index (χ1n) is 11.6. The van der Waals surface area contributed by atoms with Gasteiger partial charge in [0.05, 0.1) is 22.2 Å². The van der Waals surface area contributed by atoms with E-state index < -0.39 is 23.5 Å². The van der Waals surface area contributed by atoms with Crippen LogP contribution in [0, 0.1) is 20.8 Å². The Morgan fingerprint density at radius 2 is 1.83 bits per heavy atom. The number of aliphatic hydroxyl groups excluding tert-OH is 1. The average Bonchev–Trinajstić information content (AvgIpc) is 3.40. The van der Waals surface area contributed by atoms with Crippen molar-refractivity contribution in [1.29, 1.82) is 0 Å². The van der Waals surface area contributed by atoms with E-state index in [2.05, 4.69) is 9.97 Å². The molecule has 4 aromatic rings. The van der Waals surface area contributed by atoms with E-state index in [-0.39, 0.29) is 12.1 Å². The minimum Gasteiger partial charge on any atom is -0.503 e. The molecule has 7 heteroatoms. The fourth-order valence-corrected chi connectivity index (χ4v) is 5.55. The summed E-state index contributed by atoms with van der Waals surface area (Å²) >= 11 is 1.27. The Hall–Kier alpha value is -4.10. The third-order valence-electron chi connectivity index (χ3n) is 6.42. The van der Waals surface area contributed by atoms with Crippen molar-refractivity contribution in [2.75, 3.05) is 0 Å². The van der Waals surface area contributed by atoms with Gasteiger partial charge in [0.25, 0.3) is 5.91 Å². The molecule has 3 heterocycles. The number of aryl methyl sites for hydroxylation is 3. The summed E-state index contributed by atoms with van der Waals surface area (Å²) in [4.78, 5) is 38.1. The Morgan fingerprint density at radius 1 is 1.06 bits per heavy atom. The van der Waals surface area contributed by atoms with Crippen LogP contribution in [-0.4, -0.2) is 31.7 Å². The topological polar surface area (TPSA) is 83.4 Å². The number of carbonyl (C=O) groups excluding carboxylic acids is 2. The van der Waals surface area contributed by atoms with E-state index in [1.165, 1.54) is 11.3 Å². The summed E-state index contributed by atoms with van der Waals surface area (Å²) in [7, 11) is 0. The molecule has 0 saturated carbocycles. The van der Waals surface area contributed by atoms with Crippen LogP contribution in [0.2, 0.25) is 0 Å². The first-order valence-corrected chi connectivity index (χ1v) is 12.4. The number of amides is 1. The number of thiazole rings is 1. The Balaban J connectivity index is 1.58. The van der Waals surface area contributed by atoms with Crippen molar-refractivity contribution in [3.63, 3.8) is 0 Å². The van der Waals surface area contributed by atoms with Gasteiger partial charge in [0.1, 0.15) is 5.01 Å². The lowest BCUT2D eigenvalue weighted by molar-refractivity contribution is -0.130. The molecular formula is C29H25N3O3S. The third-order valence-corrected chi connectivity index (χ3v) is 7.62. The molecule has 6 nitrogen and oxygen atoms in total. The SMILES string of the molecule is Cc1ccc(C)c(CN2C(=O)C(O)=C(C(=O)c3sc(-c4ccccc4)nc3C)C2c2cccnc2)c1. The van der Waals surface area contributed by atoms with E-state index in [4.69, 9.17) is 0 Å². The van der Waals surface area contributed by atoms with Gasteiger partial charge >= 0.3 is 0 Å². The molecule has 0 radical (unpaired) electrons. The van der Waals surface area contributed by atoms with E-state index >= 15 is 0 Å². The highest BCUT2D eigenvalue weighted by atomic mass is 32.1. The van der Waals surface area contributed by atoms with E-state index in [0.29, 0.717) is 21.1 Å². The van der Waals surface area contributed by atoms with Crippen molar-refractivity contribution in [2.45, 2.75) is 33.4 Å². The van der Waals surface area contributed by atoms with E-state index in [9.17, 15) is 14.7 Å². The quantitative estimate of drug-likeness (QED) is 0.336. The number of nitrogens with zero attached hydrogens (tertiary/aromatic N) is 3. The van der Waals surface area contributed by atoms with Crippen LogP contribution in [0.5, 0.6) is 0 Å². The van der Waals surface area contributed by atoms with Crippen molar-refractivity contribution in [1.82, 2.24) is 14.9 Å². The molecule has 0 spiro atoms. The zero-order chi connectivity index (χ0) is 25.4. The average molecular weight is 496 g/mol. The maximum atomic E-state index is 13.9. The highest BCUT2D eigenvalue weighted by Crippen LogP contribution is 2.41. The van der Waals surface area contributed by atoms with Crippen LogP contribution in [0.4, 0.5) is 0 Å². The number of aromatic nitrogens is 2. The van der Waals surface area contributed by atoms with Crippen molar-refractivity contribution >= 4 is 23.0 Å². The van der Waals surface area contributed by atoms with Gasteiger partial charge in [-0.2, -0.15) is 0 Å². The second-order valence-electron chi connectivity index (χ2n) is 8.94. The Morgan fingerprint density at radius 3 is 2.56 bits per heavy atom. The standard InChI is InChI=1S/C29H25N3O3S/c1-17-11-12-18(2)22(14-17)16-32-24(21-10-7-13-30-15-21)23(26(34)29(32)35)25(33)27-19(3)31-28(36-27)20-8-5-4-6-9-20/h4-15,24,34H,16H2,1-3H3. The molecule has 2 aromatic heterocycles. The van der Waals surface area contributed by atoms with E-state index in [0.717, 1.165) is 22.3 Å². The van der Waals surface area contributed by atoms with Gasteiger partial charge in [-0.15, -0.1) is 11.3 Å². The van der Waals surface area contributed by atoms with Gasteiger partial charge in [-0.3, -0.25) is 14.6 Å². The first kappa shape index (κ1) is 23.6. The summed E-state index contributed by atoms with van der Waals surface area (Å²) in [6, 6.07) is 18.5. The summed E-state index contributed by atoms with van der Waals surface area (Å²) in [5, 5.41) is 11.8. The number of hydrogen-bond acceptors (Lipinski definition) is 6. The number of rotatable bonds is 6. The van der Waals surface area contributed by atoms with Crippen LogP contribution in [-0.2, 0) is 11.3 Å². The molecule has 1 unspecified atom stereocenters. The summed E-state index contributed by atoms with van der Waals surface area (Å²) in [6.07, 6.45) is 3.27. The molecule has 0 fully saturated rings. The molecule has 5 rings (SSSR count). The Bertz CT molecular complexity index is 1490. The fourth-order valence-electron chi connectivity index (χ4n) is 4.52. The van der Waals surface area contributed by atoms with Gasteiger partial charge in [-0.05, 0) is 43.5 Å². The summed E-state index contributed by atoms with van der Waals surface area (Å²) in [6.45, 7) is 6.01. The molecule has 0 saturated heterocycles. The second kappa shape index (κ2) is 9.51. The summed E-state index contributed by atoms with van der Waals surface area (Å²) in [5.41, 5.74) is 5.25. The number of hydrogen-bond donors (Lipinski definition) is 1. The fraction of sp³-hybridized carbons (Fsp3) is 0.172. The number of Topliss-reactive ketones (excluding diaryl/α,β-unsaturated/α-hetero) is 1. The molecule has 1 N–H and O–H groups in total. The Labute approximate surface area is 213 Å². The predicted molar refractivity (Wildman–Crippen MR) is 140 cm³/mol. The highest BCUT2D eigenvalue weighted by Gasteiger charge is 2.44. The molecule has 0 aliphatic carbocycles. The number of pyridine rings is 1. The van der Waals surface area contributed by atoms with E-state index in [1.807, 2.05) is 68.4 Å². The van der Waals surface area contributed by atoms with Gasteiger partial charge in [0.2, 0.25) is 5.78 Å². The monoisotopic (exact) mass is 495 g/mol. The van der Waals surface area contributed by atoms with Gasteiger partial charge in [-0.1, -0.05) is 60.2 Å². The third kappa shape index (κ3) is 4.22. The highest BCUT2D eigenvalue weighted by molar-refractivity contribution is 7.17. The van der Waals surface area contributed by atoms with Crippen LogP contribution in [0.15, 0.2) is 84.4 Å². The maximum Gasteiger partial charge on any atom is 0.290 e. The second-order valence-corrected chi connectivity index (χ2v) is 9.94. The van der Waals surface area contributed by atoms with Crippen LogP contribution in [0.1, 0.15) is 43.7 Å². The molecule has 36 heavy (non-hydrogen) atoms. The number of carbonyl (C=O) groups is 2. The zero-order valence-electron chi connectivity index (χ0n) is 20.2. The van der Waals surface area contributed by atoms with Crippen molar-refractivity contribution in [3.05, 3.63) is 117 Å². The summed E-state index contributed by atoms with van der Waals surface area (Å²) < 4.78 is 0. The van der Waals surface area contributed by atoms with E-state index in [1.54, 1.807) is 30.3 Å². The van der Waals surface area contributed by atoms with Crippen LogP contribution >= 0.6 is 11.3 Å². The van der Waals surface area contributed by atoms with Crippen molar-refractivity contribution in [3.8, 4) is 10.6 Å². The molecule has 180 valence electrons. The van der Waals surface area contributed by atoms with Gasteiger partial charge < -0.3 is 10.0 Å². The van der Waals surface area contributed by atoms with Crippen molar-refractivity contribution in [2.24, 2.45) is 0 Å². The molecule has 0 bridgehead atoms. The summed E-state index contributed by atoms with van der Waals surface area (Å²) in [5.74, 6) is -1.48. The smallest absolute Gasteiger partial charge is 0.290 e. The van der Waals surface area contributed by atoms with Crippen LogP contribution < -0.4 is 0 Å². The van der Waals surface area contributed by atoms with Gasteiger partial charge in [0, 0.05) is 24.5 Å². The molecule has 1 atom stereocenters. The number of aliphatic hydroxyl groups is 1. The molecular weight excluding hydrogens is 470 g/mol. The van der Waals surface area contributed by atoms with Gasteiger partial charge in [-0.25, -0.2) is 4.98 Å². The largest absolute Gasteiger partial charge is 0.503 e. The lowest BCUT2D eigenvalue weighted by Crippen LogP contribution is -2.31. The predicted octanol–water partition coefficient (Wildman–Crippen LogP) is 5.91. The number of ketones is 1. The first-order chi connectivity index (χ1) is 17.3. The lowest BCUT2D eigenvalue weighted by Gasteiger charge is -2.27. The van der Waals surface area contributed by atoms with Gasteiger partial charge in [0.15, 0.2) is 5.76 Å². The normalized spacial score (nSPS) is 15.6. The lowest BCUT2D eigenvalue weighted by atomic mass is 9.95. The maximum absolute atomic E-state index is 13.9.